The number of hydrogen-bond donors (Lipinski definition) is 1. The van der Waals surface area contributed by atoms with E-state index in [1.54, 1.807) is 0 Å². The molecule has 2 heteroatoms. The van der Waals surface area contributed by atoms with Crippen molar-refractivity contribution in [1.29, 1.82) is 0 Å². The van der Waals surface area contributed by atoms with Crippen molar-refractivity contribution in [2.75, 3.05) is 6.54 Å². The van der Waals surface area contributed by atoms with Gasteiger partial charge in [-0.1, -0.05) is 40.0 Å². The van der Waals surface area contributed by atoms with E-state index in [0.717, 1.165) is 6.54 Å². The van der Waals surface area contributed by atoms with Crippen LogP contribution >= 0.6 is 0 Å². The van der Waals surface area contributed by atoms with E-state index >= 15 is 0 Å². The fourth-order valence-electron chi connectivity index (χ4n) is 2.34. The van der Waals surface area contributed by atoms with Gasteiger partial charge in [-0.3, -0.25) is 0 Å². The second-order valence-corrected chi connectivity index (χ2v) is 5.16. The van der Waals surface area contributed by atoms with Crippen LogP contribution < -0.4 is 5.32 Å². The number of rotatable bonds is 10. The molecular formula is C16H30N2. The SMILES string of the molecule is CCCCCCn1ccc(C(CC)NCCC)c1. The Morgan fingerprint density at radius 1 is 1.11 bits per heavy atom. The number of aryl methyl sites for hydroxylation is 1. The molecule has 1 aromatic heterocycles. The van der Waals surface area contributed by atoms with Gasteiger partial charge in [0.25, 0.3) is 0 Å². The molecule has 0 spiro atoms. The molecule has 0 bridgehead atoms. The molecule has 1 heterocycles. The van der Waals surface area contributed by atoms with Gasteiger partial charge in [-0.2, -0.15) is 0 Å². The Labute approximate surface area is 113 Å². The molecule has 18 heavy (non-hydrogen) atoms. The predicted molar refractivity (Wildman–Crippen MR) is 79.9 cm³/mol. The molecule has 0 radical (unpaired) electrons. The van der Waals surface area contributed by atoms with Crippen molar-refractivity contribution >= 4 is 0 Å². The number of nitrogens with zero attached hydrogens (tertiary/aromatic N) is 1. The molecule has 0 aliphatic rings. The lowest BCUT2D eigenvalue weighted by molar-refractivity contribution is 0.516. The van der Waals surface area contributed by atoms with E-state index < -0.39 is 0 Å². The smallest absolute Gasteiger partial charge is 0.0332 e. The fourth-order valence-corrected chi connectivity index (χ4v) is 2.34. The van der Waals surface area contributed by atoms with Gasteiger partial charge in [0.2, 0.25) is 0 Å². The zero-order chi connectivity index (χ0) is 13.2. The Bertz CT molecular complexity index is 304. The third kappa shape index (κ3) is 5.26. The van der Waals surface area contributed by atoms with E-state index in [9.17, 15) is 0 Å². The summed E-state index contributed by atoms with van der Waals surface area (Å²) in [4.78, 5) is 0. The molecule has 0 aliphatic carbocycles. The van der Waals surface area contributed by atoms with Crippen molar-refractivity contribution in [3.63, 3.8) is 0 Å². The Kier molecular flexibility index (Phi) is 7.83. The molecule has 1 aromatic rings. The van der Waals surface area contributed by atoms with E-state index in [1.807, 2.05) is 0 Å². The molecule has 0 saturated heterocycles. The summed E-state index contributed by atoms with van der Waals surface area (Å²) in [5.74, 6) is 0. The molecule has 104 valence electrons. The summed E-state index contributed by atoms with van der Waals surface area (Å²) in [6.07, 6.45) is 12.3. The first kappa shape index (κ1) is 15.3. The molecule has 1 atom stereocenters. The summed E-state index contributed by atoms with van der Waals surface area (Å²) in [5.41, 5.74) is 1.45. The normalized spacial score (nSPS) is 12.8. The molecular weight excluding hydrogens is 220 g/mol. The van der Waals surface area contributed by atoms with Crippen LogP contribution in [0.2, 0.25) is 0 Å². The average molecular weight is 250 g/mol. The highest BCUT2D eigenvalue weighted by Crippen LogP contribution is 2.17. The van der Waals surface area contributed by atoms with Crippen molar-refractivity contribution in [2.24, 2.45) is 0 Å². The Morgan fingerprint density at radius 3 is 2.61 bits per heavy atom. The van der Waals surface area contributed by atoms with Crippen molar-refractivity contribution in [1.82, 2.24) is 9.88 Å². The van der Waals surface area contributed by atoms with Crippen LogP contribution in [0.1, 0.15) is 70.9 Å². The second kappa shape index (κ2) is 9.21. The lowest BCUT2D eigenvalue weighted by Crippen LogP contribution is -2.21. The standard InChI is InChI=1S/C16H30N2/c1-4-7-8-9-12-18-13-10-15(14-18)16(6-3)17-11-5-2/h10,13-14,16-17H,4-9,11-12H2,1-3H3. The molecule has 0 fully saturated rings. The summed E-state index contributed by atoms with van der Waals surface area (Å²) in [7, 11) is 0. The molecule has 0 saturated carbocycles. The lowest BCUT2D eigenvalue weighted by Gasteiger charge is -2.15. The van der Waals surface area contributed by atoms with E-state index in [2.05, 4.69) is 49.1 Å². The first-order chi connectivity index (χ1) is 8.81. The van der Waals surface area contributed by atoms with Crippen LogP contribution in [0.25, 0.3) is 0 Å². The van der Waals surface area contributed by atoms with Gasteiger partial charge in [0.15, 0.2) is 0 Å². The van der Waals surface area contributed by atoms with Crippen LogP contribution in [-0.2, 0) is 6.54 Å². The molecule has 0 aliphatic heterocycles. The second-order valence-electron chi connectivity index (χ2n) is 5.16. The van der Waals surface area contributed by atoms with Crippen molar-refractivity contribution in [3.8, 4) is 0 Å². The van der Waals surface area contributed by atoms with Gasteiger partial charge in [-0.05, 0) is 37.4 Å². The maximum absolute atomic E-state index is 3.61. The minimum absolute atomic E-state index is 0.529. The molecule has 1 N–H and O–H groups in total. The van der Waals surface area contributed by atoms with Gasteiger partial charge >= 0.3 is 0 Å². The van der Waals surface area contributed by atoms with Crippen molar-refractivity contribution in [3.05, 3.63) is 24.0 Å². The lowest BCUT2D eigenvalue weighted by atomic mass is 10.1. The first-order valence-electron chi connectivity index (χ1n) is 7.70. The van der Waals surface area contributed by atoms with Gasteiger partial charge in [0.1, 0.15) is 0 Å². The maximum Gasteiger partial charge on any atom is 0.0332 e. The van der Waals surface area contributed by atoms with Crippen LogP contribution in [0, 0.1) is 0 Å². The highest BCUT2D eigenvalue weighted by molar-refractivity contribution is 5.15. The molecule has 1 unspecified atom stereocenters. The molecule has 2 nitrogen and oxygen atoms in total. The zero-order valence-electron chi connectivity index (χ0n) is 12.4. The Balaban J connectivity index is 2.40. The minimum Gasteiger partial charge on any atom is -0.354 e. The van der Waals surface area contributed by atoms with E-state index in [-0.39, 0.29) is 0 Å². The minimum atomic E-state index is 0.529. The van der Waals surface area contributed by atoms with Crippen LogP contribution in [0.5, 0.6) is 0 Å². The maximum atomic E-state index is 3.61. The van der Waals surface area contributed by atoms with Gasteiger partial charge in [-0.25, -0.2) is 0 Å². The highest BCUT2D eigenvalue weighted by Gasteiger charge is 2.09. The number of aromatic nitrogens is 1. The molecule has 0 aromatic carbocycles. The highest BCUT2D eigenvalue weighted by atomic mass is 15.0. The Morgan fingerprint density at radius 2 is 1.94 bits per heavy atom. The third-order valence-electron chi connectivity index (χ3n) is 3.49. The number of nitrogens with one attached hydrogen (secondary N) is 1. The van der Waals surface area contributed by atoms with Gasteiger partial charge < -0.3 is 9.88 Å². The van der Waals surface area contributed by atoms with E-state index in [1.165, 1.54) is 50.6 Å². The number of hydrogen-bond acceptors (Lipinski definition) is 1. The largest absolute Gasteiger partial charge is 0.354 e. The summed E-state index contributed by atoms with van der Waals surface area (Å²) < 4.78 is 2.35. The predicted octanol–water partition coefficient (Wildman–Crippen LogP) is 4.52. The van der Waals surface area contributed by atoms with E-state index in [4.69, 9.17) is 0 Å². The Hall–Kier alpha value is -0.760. The monoisotopic (exact) mass is 250 g/mol. The van der Waals surface area contributed by atoms with Crippen LogP contribution in [0.15, 0.2) is 18.5 Å². The molecule has 1 rings (SSSR count). The number of unbranched alkanes of at least 4 members (excludes halogenated alkanes) is 3. The third-order valence-corrected chi connectivity index (χ3v) is 3.49. The zero-order valence-corrected chi connectivity index (χ0v) is 12.4. The summed E-state index contributed by atoms with van der Waals surface area (Å²) >= 11 is 0. The first-order valence-corrected chi connectivity index (χ1v) is 7.70. The topological polar surface area (TPSA) is 17.0 Å². The molecule has 0 amide bonds. The quantitative estimate of drug-likeness (QED) is 0.604. The van der Waals surface area contributed by atoms with Crippen molar-refractivity contribution < 1.29 is 0 Å². The average Bonchev–Trinajstić information content (AvgIpc) is 2.84. The van der Waals surface area contributed by atoms with Crippen LogP contribution in [0.4, 0.5) is 0 Å². The fraction of sp³-hybridized carbons (Fsp3) is 0.750. The summed E-state index contributed by atoms with van der Waals surface area (Å²) in [6, 6.07) is 2.80. The summed E-state index contributed by atoms with van der Waals surface area (Å²) in [6.45, 7) is 9.02. The van der Waals surface area contributed by atoms with Gasteiger partial charge in [-0.15, -0.1) is 0 Å². The van der Waals surface area contributed by atoms with Crippen LogP contribution in [0.3, 0.4) is 0 Å². The summed E-state index contributed by atoms with van der Waals surface area (Å²) in [5, 5.41) is 3.61. The van der Waals surface area contributed by atoms with Gasteiger partial charge in [0.05, 0.1) is 0 Å². The van der Waals surface area contributed by atoms with Crippen LogP contribution in [-0.4, -0.2) is 11.1 Å². The van der Waals surface area contributed by atoms with Crippen molar-refractivity contribution in [2.45, 2.75) is 71.9 Å². The van der Waals surface area contributed by atoms with E-state index in [0.29, 0.717) is 6.04 Å². The van der Waals surface area contributed by atoms with Gasteiger partial charge in [0, 0.05) is 25.0 Å².